The van der Waals surface area contributed by atoms with Gasteiger partial charge in [0.1, 0.15) is 5.82 Å². The van der Waals surface area contributed by atoms with Crippen LogP contribution in [-0.2, 0) is 0 Å². The highest BCUT2D eigenvalue weighted by Gasteiger charge is 2.17. The minimum atomic E-state index is -0.206. The van der Waals surface area contributed by atoms with E-state index in [0.717, 1.165) is 24.9 Å². The van der Waals surface area contributed by atoms with Gasteiger partial charge in [0.05, 0.1) is 10.4 Å². The third kappa shape index (κ3) is 3.23. The second-order valence-corrected chi connectivity index (χ2v) is 6.71. The van der Waals surface area contributed by atoms with Crippen LogP contribution in [0.3, 0.4) is 0 Å². The molecule has 0 bridgehead atoms. The van der Waals surface area contributed by atoms with E-state index in [4.69, 9.17) is 11.6 Å². The van der Waals surface area contributed by atoms with Crippen molar-refractivity contribution in [2.45, 2.75) is 13.0 Å². The zero-order chi connectivity index (χ0) is 13.1. The van der Waals surface area contributed by atoms with Gasteiger partial charge in [-0.2, -0.15) is 0 Å². The highest BCUT2D eigenvalue weighted by Crippen LogP contribution is 2.33. The van der Waals surface area contributed by atoms with Crippen LogP contribution in [0.15, 0.2) is 30.3 Å². The predicted octanol–water partition coefficient (Wildman–Crippen LogP) is 4.84. The Morgan fingerprint density at radius 1 is 1.39 bits per heavy atom. The fourth-order valence-electron chi connectivity index (χ4n) is 1.79. The number of benzene rings is 1. The third-order valence-corrected chi connectivity index (χ3v) is 4.79. The first-order chi connectivity index (χ1) is 8.61. The molecule has 1 atom stereocenters. The number of rotatable bonds is 4. The van der Waals surface area contributed by atoms with Gasteiger partial charge in [0.2, 0.25) is 0 Å². The number of nitrogens with one attached hydrogen (secondary N) is 1. The Bertz CT molecular complexity index is 544. The molecule has 1 aromatic carbocycles. The molecule has 0 saturated carbocycles. The molecule has 0 fully saturated rings. The van der Waals surface area contributed by atoms with E-state index in [1.165, 1.54) is 6.07 Å². The van der Waals surface area contributed by atoms with Crippen molar-refractivity contribution in [2.75, 3.05) is 6.54 Å². The highest BCUT2D eigenvalue weighted by atomic mass is 127. The molecule has 96 valence electrons. The predicted molar refractivity (Wildman–Crippen MR) is 84.0 cm³/mol. The molecule has 1 unspecified atom stereocenters. The summed E-state index contributed by atoms with van der Waals surface area (Å²) in [5.74, 6) is -0.206. The van der Waals surface area contributed by atoms with E-state index in [2.05, 4.69) is 34.8 Å². The number of hydrogen-bond acceptors (Lipinski definition) is 2. The lowest BCUT2D eigenvalue weighted by Crippen LogP contribution is -2.22. The van der Waals surface area contributed by atoms with Crippen LogP contribution in [0.1, 0.15) is 23.4 Å². The summed E-state index contributed by atoms with van der Waals surface area (Å²) in [7, 11) is 0. The van der Waals surface area contributed by atoms with Gasteiger partial charge in [0.25, 0.3) is 0 Å². The first-order valence-corrected chi connectivity index (χ1v) is 7.82. The molecule has 2 aromatic rings. The van der Waals surface area contributed by atoms with Crippen LogP contribution in [0.4, 0.5) is 4.39 Å². The first kappa shape index (κ1) is 14.2. The van der Waals surface area contributed by atoms with E-state index in [-0.39, 0.29) is 11.9 Å². The van der Waals surface area contributed by atoms with Crippen LogP contribution < -0.4 is 5.32 Å². The van der Waals surface area contributed by atoms with Crippen molar-refractivity contribution < 1.29 is 4.39 Å². The van der Waals surface area contributed by atoms with E-state index < -0.39 is 0 Å². The van der Waals surface area contributed by atoms with Gasteiger partial charge < -0.3 is 5.32 Å². The first-order valence-electron chi connectivity index (χ1n) is 5.55. The molecule has 2 rings (SSSR count). The maximum absolute atomic E-state index is 13.2. The molecule has 1 heterocycles. The molecule has 0 saturated heterocycles. The van der Waals surface area contributed by atoms with Crippen LogP contribution in [0, 0.1) is 9.39 Å². The molecule has 1 nitrogen and oxygen atoms in total. The minimum Gasteiger partial charge on any atom is -0.306 e. The Balaban J connectivity index is 2.41. The molecule has 0 spiro atoms. The zero-order valence-electron chi connectivity index (χ0n) is 9.71. The molecular formula is C13H12ClFINS. The SMILES string of the molecule is CCNC(c1ccc(Cl)s1)c1ccc(F)cc1I. The quantitative estimate of drug-likeness (QED) is 0.730. The molecule has 0 amide bonds. The van der Waals surface area contributed by atoms with E-state index >= 15 is 0 Å². The topological polar surface area (TPSA) is 12.0 Å². The monoisotopic (exact) mass is 395 g/mol. The summed E-state index contributed by atoms with van der Waals surface area (Å²) in [4.78, 5) is 1.14. The van der Waals surface area contributed by atoms with Crippen LogP contribution >= 0.6 is 45.5 Å². The zero-order valence-corrected chi connectivity index (χ0v) is 13.4. The van der Waals surface area contributed by atoms with Crippen molar-refractivity contribution in [2.24, 2.45) is 0 Å². The summed E-state index contributed by atoms with van der Waals surface area (Å²) < 4.78 is 14.8. The number of thiophene rings is 1. The molecule has 1 N–H and O–H groups in total. The summed E-state index contributed by atoms with van der Waals surface area (Å²) in [5, 5.41) is 3.41. The van der Waals surface area contributed by atoms with Crippen LogP contribution in [0.25, 0.3) is 0 Å². The Morgan fingerprint density at radius 3 is 2.72 bits per heavy atom. The van der Waals surface area contributed by atoms with Gasteiger partial charge in [-0.1, -0.05) is 24.6 Å². The number of halogens is 3. The summed E-state index contributed by atoms with van der Waals surface area (Å²) in [6.45, 7) is 2.90. The summed E-state index contributed by atoms with van der Waals surface area (Å²) in [6, 6.07) is 8.85. The van der Waals surface area contributed by atoms with E-state index in [9.17, 15) is 4.39 Å². The van der Waals surface area contributed by atoms with Gasteiger partial charge in [-0.15, -0.1) is 11.3 Å². The Kier molecular flexibility index (Phi) is 5.00. The van der Waals surface area contributed by atoms with Gasteiger partial charge in [0.15, 0.2) is 0 Å². The van der Waals surface area contributed by atoms with Crippen molar-refractivity contribution in [3.63, 3.8) is 0 Å². The molecule has 18 heavy (non-hydrogen) atoms. The number of hydrogen-bond donors (Lipinski definition) is 1. The lowest BCUT2D eigenvalue weighted by molar-refractivity contribution is 0.614. The molecule has 0 aliphatic rings. The summed E-state index contributed by atoms with van der Waals surface area (Å²) in [5.41, 5.74) is 1.08. The average Bonchev–Trinajstić information content (AvgIpc) is 2.73. The van der Waals surface area contributed by atoms with Crippen LogP contribution in [0.2, 0.25) is 4.34 Å². The normalized spacial score (nSPS) is 12.7. The van der Waals surface area contributed by atoms with Crippen molar-refractivity contribution >= 4 is 45.5 Å². The maximum atomic E-state index is 13.2. The second-order valence-electron chi connectivity index (χ2n) is 3.80. The fourth-order valence-corrected chi connectivity index (χ4v) is 3.73. The van der Waals surface area contributed by atoms with Gasteiger partial charge in [-0.3, -0.25) is 0 Å². The molecular weight excluding hydrogens is 384 g/mol. The lowest BCUT2D eigenvalue weighted by atomic mass is 10.1. The Hall–Kier alpha value is -0.170. The van der Waals surface area contributed by atoms with Crippen molar-refractivity contribution in [1.29, 1.82) is 0 Å². The average molecular weight is 396 g/mol. The molecule has 0 aliphatic carbocycles. The molecule has 0 radical (unpaired) electrons. The van der Waals surface area contributed by atoms with E-state index in [1.807, 2.05) is 18.2 Å². The standard InChI is InChI=1S/C13H12ClFINS/c1-2-17-13(11-5-6-12(14)18-11)9-4-3-8(15)7-10(9)16/h3-7,13,17H,2H2,1H3. The third-order valence-electron chi connectivity index (χ3n) is 2.56. The van der Waals surface area contributed by atoms with Crippen LogP contribution in [0.5, 0.6) is 0 Å². The van der Waals surface area contributed by atoms with Gasteiger partial charge in [0, 0.05) is 8.45 Å². The minimum absolute atomic E-state index is 0.0694. The summed E-state index contributed by atoms with van der Waals surface area (Å²) >= 11 is 9.70. The largest absolute Gasteiger partial charge is 0.306 e. The summed E-state index contributed by atoms with van der Waals surface area (Å²) in [6.07, 6.45) is 0. The van der Waals surface area contributed by atoms with Crippen molar-refractivity contribution in [1.82, 2.24) is 5.32 Å². The Labute approximate surface area is 129 Å². The van der Waals surface area contributed by atoms with E-state index in [1.54, 1.807) is 17.4 Å². The van der Waals surface area contributed by atoms with Crippen molar-refractivity contribution in [3.8, 4) is 0 Å². The van der Waals surface area contributed by atoms with Crippen molar-refractivity contribution in [3.05, 3.63) is 54.5 Å². The van der Waals surface area contributed by atoms with Gasteiger partial charge in [-0.05, 0) is 59.0 Å². The smallest absolute Gasteiger partial charge is 0.124 e. The van der Waals surface area contributed by atoms with Crippen LogP contribution in [-0.4, -0.2) is 6.54 Å². The molecule has 5 heteroatoms. The van der Waals surface area contributed by atoms with Gasteiger partial charge in [-0.25, -0.2) is 4.39 Å². The second kappa shape index (κ2) is 6.32. The fraction of sp³-hybridized carbons (Fsp3) is 0.231. The molecule has 0 aliphatic heterocycles. The Morgan fingerprint density at radius 2 is 2.17 bits per heavy atom. The van der Waals surface area contributed by atoms with E-state index in [0.29, 0.717) is 0 Å². The lowest BCUT2D eigenvalue weighted by Gasteiger charge is -2.18. The maximum Gasteiger partial charge on any atom is 0.124 e. The molecule has 1 aromatic heterocycles. The highest BCUT2D eigenvalue weighted by molar-refractivity contribution is 14.1. The van der Waals surface area contributed by atoms with Gasteiger partial charge >= 0.3 is 0 Å².